The average Bonchev–Trinajstić information content (AvgIpc) is 2.99. The van der Waals surface area contributed by atoms with Gasteiger partial charge in [0.1, 0.15) is 15.2 Å². The van der Waals surface area contributed by atoms with E-state index in [1.807, 2.05) is 6.92 Å². The Kier molecular flexibility index (Phi) is 3.31. The molecule has 2 aromatic rings. The number of thiophene rings is 1. The van der Waals surface area contributed by atoms with Crippen LogP contribution in [0.2, 0.25) is 0 Å². The van der Waals surface area contributed by atoms with Gasteiger partial charge in [0.2, 0.25) is 0 Å². The van der Waals surface area contributed by atoms with Crippen molar-refractivity contribution in [2.45, 2.75) is 19.4 Å². The summed E-state index contributed by atoms with van der Waals surface area (Å²) >= 11 is 1.26. The van der Waals surface area contributed by atoms with Gasteiger partial charge in [-0.1, -0.05) is 6.92 Å². The Morgan fingerprint density at radius 3 is 3.00 bits per heavy atom. The second-order valence-corrected chi connectivity index (χ2v) is 6.07. The maximum Gasteiger partial charge on any atom is 0.266 e. The number of nitrogen functional groups attached to an aromatic ring is 1. The van der Waals surface area contributed by atoms with Crippen LogP contribution in [0.5, 0.6) is 0 Å². The first-order valence-corrected chi connectivity index (χ1v) is 7.36. The molecule has 1 aliphatic heterocycles. The van der Waals surface area contributed by atoms with E-state index >= 15 is 0 Å². The second-order valence-electron chi connectivity index (χ2n) is 5.07. The van der Waals surface area contributed by atoms with Gasteiger partial charge in [0, 0.05) is 18.9 Å². The first-order valence-electron chi connectivity index (χ1n) is 6.54. The molecule has 0 saturated carbocycles. The molecule has 2 aromatic heterocycles. The van der Waals surface area contributed by atoms with E-state index in [4.69, 9.17) is 5.73 Å². The molecule has 1 saturated heterocycles. The summed E-state index contributed by atoms with van der Waals surface area (Å²) in [4.78, 5) is 23.8. The number of fused-ring (bicyclic) bond motifs is 1. The molecular weight excluding hydrogens is 276 g/mol. The number of amides is 1. The van der Waals surface area contributed by atoms with Gasteiger partial charge in [-0.2, -0.15) is 0 Å². The quantitative estimate of drug-likeness (QED) is 0.865. The molecule has 3 heterocycles. The van der Waals surface area contributed by atoms with E-state index in [0.717, 1.165) is 6.42 Å². The number of hydrogen-bond donors (Lipinski definition) is 2. The lowest BCUT2D eigenvalue weighted by molar-refractivity contribution is 0.0654. The summed E-state index contributed by atoms with van der Waals surface area (Å²) in [5, 5.41) is 9.47. The van der Waals surface area contributed by atoms with E-state index < -0.39 is 0 Å². The predicted octanol–water partition coefficient (Wildman–Crippen LogP) is 1.12. The third-order valence-electron chi connectivity index (χ3n) is 3.89. The van der Waals surface area contributed by atoms with Crippen LogP contribution in [0.4, 0.5) is 5.69 Å². The van der Waals surface area contributed by atoms with Gasteiger partial charge in [-0.25, -0.2) is 9.97 Å². The lowest BCUT2D eigenvalue weighted by atomic mass is 10.0. The van der Waals surface area contributed by atoms with Crippen LogP contribution in [-0.2, 0) is 0 Å². The maximum absolute atomic E-state index is 12.6. The molecule has 2 unspecified atom stereocenters. The number of hydrogen-bond acceptors (Lipinski definition) is 6. The number of aliphatic hydroxyl groups is 1. The predicted molar refractivity (Wildman–Crippen MR) is 77.5 cm³/mol. The summed E-state index contributed by atoms with van der Waals surface area (Å²) in [6.45, 7) is 2.68. The molecule has 20 heavy (non-hydrogen) atoms. The minimum Gasteiger partial charge on any atom is -0.396 e. The Bertz CT molecular complexity index is 657. The molecule has 0 aliphatic carbocycles. The Labute approximate surface area is 120 Å². The van der Waals surface area contributed by atoms with Gasteiger partial charge in [0.05, 0.1) is 18.3 Å². The summed E-state index contributed by atoms with van der Waals surface area (Å²) in [6, 6.07) is -0.131. The molecule has 6 nitrogen and oxygen atoms in total. The standard InChI is InChI=1S/C13H16N4O2S/c1-7-2-5-17(8(7)6-18)13(19)11-9(14)10-12(20-11)16-4-3-15-10/h3-4,7-8,18H,2,5-6,14H2,1H3. The minimum absolute atomic E-state index is 0.0196. The second kappa shape index (κ2) is 4.99. The fraction of sp³-hybridized carbons (Fsp3) is 0.462. The molecule has 1 amide bonds. The third kappa shape index (κ3) is 1.94. The molecule has 3 rings (SSSR count). The zero-order chi connectivity index (χ0) is 14.3. The average molecular weight is 292 g/mol. The van der Waals surface area contributed by atoms with Crippen molar-refractivity contribution in [1.82, 2.24) is 14.9 Å². The van der Waals surface area contributed by atoms with Gasteiger partial charge in [-0.3, -0.25) is 4.79 Å². The normalized spacial score (nSPS) is 22.6. The van der Waals surface area contributed by atoms with Crippen LogP contribution >= 0.6 is 11.3 Å². The van der Waals surface area contributed by atoms with Crippen molar-refractivity contribution in [3.63, 3.8) is 0 Å². The highest BCUT2D eigenvalue weighted by Gasteiger charge is 2.36. The SMILES string of the molecule is CC1CCN(C(=O)c2sc3nccnc3c2N)C1CO. The monoisotopic (exact) mass is 292 g/mol. The minimum atomic E-state index is -0.131. The van der Waals surface area contributed by atoms with Gasteiger partial charge >= 0.3 is 0 Å². The number of likely N-dealkylation sites (tertiary alicyclic amines) is 1. The van der Waals surface area contributed by atoms with Gasteiger partial charge < -0.3 is 15.7 Å². The Balaban J connectivity index is 1.99. The van der Waals surface area contributed by atoms with Crippen LogP contribution in [0, 0.1) is 5.92 Å². The number of nitrogens with two attached hydrogens (primary N) is 1. The van der Waals surface area contributed by atoms with Crippen molar-refractivity contribution in [1.29, 1.82) is 0 Å². The third-order valence-corrected chi connectivity index (χ3v) is 4.98. The molecule has 0 bridgehead atoms. The number of nitrogens with zero attached hydrogens (tertiary/aromatic N) is 3. The smallest absolute Gasteiger partial charge is 0.266 e. The lowest BCUT2D eigenvalue weighted by Gasteiger charge is -2.24. The number of anilines is 1. The van der Waals surface area contributed by atoms with Gasteiger partial charge in [0.15, 0.2) is 0 Å². The summed E-state index contributed by atoms with van der Waals surface area (Å²) in [5.41, 5.74) is 6.99. The van der Waals surface area contributed by atoms with Crippen LogP contribution in [0.3, 0.4) is 0 Å². The Morgan fingerprint density at radius 1 is 1.55 bits per heavy atom. The van der Waals surface area contributed by atoms with E-state index in [-0.39, 0.29) is 18.6 Å². The van der Waals surface area contributed by atoms with E-state index in [0.29, 0.717) is 33.4 Å². The fourth-order valence-corrected chi connectivity index (χ4v) is 3.65. The van der Waals surface area contributed by atoms with Crippen molar-refractivity contribution >= 4 is 33.3 Å². The largest absolute Gasteiger partial charge is 0.396 e. The molecule has 1 fully saturated rings. The molecule has 1 aliphatic rings. The summed E-state index contributed by atoms with van der Waals surface area (Å²) in [7, 11) is 0. The number of carbonyl (C=O) groups excluding carboxylic acids is 1. The molecule has 0 radical (unpaired) electrons. The fourth-order valence-electron chi connectivity index (χ4n) is 2.67. The lowest BCUT2D eigenvalue weighted by Crippen LogP contribution is -2.39. The molecule has 2 atom stereocenters. The van der Waals surface area contributed by atoms with E-state index in [9.17, 15) is 9.90 Å². The van der Waals surface area contributed by atoms with Crippen LogP contribution < -0.4 is 5.73 Å². The zero-order valence-corrected chi connectivity index (χ0v) is 11.9. The number of rotatable bonds is 2. The molecule has 0 spiro atoms. The number of aliphatic hydroxyl groups excluding tert-OH is 1. The van der Waals surface area contributed by atoms with Crippen LogP contribution in [0.1, 0.15) is 23.0 Å². The highest BCUT2D eigenvalue weighted by atomic mass is 32.1. The van der Waals surface area contributed by atoms with Crippen molar-refractivity contribution in [3.05, 3.63) is 17.3 Å². The van der Waals surface area contributed by atoms with Crippen LogP contribution in [0.15, 0.2) is 12.4 Å². The molecule has 106 valence electrons. The Morgan fingerprint density at radius 2 is 2.30 bits per heavy atom. The van der Waals surface area contributed by atoms with Crippen molar-refractivity contribution < 1.29 is 9.90 Å². The summed E-state index contributed by atoms with van der Waals surface area (Å²) in [5.74, 6) is 0.173. The van der Waals surface area contributed by atoms with Gasteiger partial charge in [-0.15, -0.1) is 11.3 Å². The zero-order valence-electron chi connectivity index (χ0n) is 11.1. The maximum atomic E-state index is 12.6. The van der Waals surface area contributed by atoms with Crippen molar-refractivity contribution in [2.24, 2.45) is 5.92 Å². The Hall–Kier alpha value is -1.73. The van der Waals surface area contributed by atoms with Crippen LogP contribution in [0.25, 0.3) is 10.3 Å². The van der Waals surface area contributed by atoms with Crippen molar-refractivity contribution in [2.75, 3.05) is 18.9 Å². The topological polar surface area (TPSA) is 92.3 Å². The number of aromatic nitrogens is 2. The number of carbonyl (C=O) groups is 1. The first-order chi connectivity index (χ1) is 9.63. The molecule has 0 aromatic carbocycles. The van der Waals surface area contributed by atoms with E-state index in [1.165, 1.54) is 11.3 Å². The van der Waals surface area contributed by atoms with Crippen LogP contribution in [-0.4, -0.2) is 45.1 Å². The van der Waals surface area contributed by atoms with E-state index in [1.54, 1.807) is 17.3 Å². The molecule has 7 heteroatoms. The van der Waals surface area contributed by atoms with Crippen molar-refractivity contribution in [3.8, 4) is 0 Å². The highest BCUT2D eigenvalue weighted by molar-refractivity contribution is 7.21. The summed E-state index contributed by atoms with van der Waals surface area (Å²) < 4.78 is 0. The molecule has 3 N–H and O–H groups in total. The van der Waals surface area contributed by atoms with Gasteiger partial charge in [-0.05, 0) is 12.3 Å². The van der Waals surface area contributed by atoms with Gasteiger partial charge in [0.25, 0.3) is 5.91 Å². The molecular formula is C13H16N4O2S. The van der Waals surface area contributed by atoms with E-state index in [2.05, 4.69) is 9.97 Å². The highest BCUT2D eigenvalue weighted by Crippen LogP contribution is 2.34. The summed E-state index contributed by atoms with van der Waals surface area (Å²) in [6.07, 6.45) is 4.05. The first kappa shape index (κ1) is 13.3.